The molecule has 0 aliphatic heterocycles. The second-order valence-electron chi connectivity index (χ2n) is 3.39. The van der Waals surface area contributed by atoms with Crippen molar-refractivity contribution in [1.82, 2.24) is 0 Å². The van der Waals surface area contributed by atoms with Gasteiger partial charge in [0, 0.05) is 0 Å². The molecular formula is C9H16S. The molecule has 10 heavy (non-hydrogen) atoms. The Morgan fingerprint density at radius 3 is 2.40 bits per heavy atom. The Hall–Kier alpha value is 0.0900. The third kappa shape index (κ3) is 2.05. The quantitative estimate of drug-likeness (QED) is 0.553. The average molecular weight is 156 g/mol. The summed E-state index contributed by atoms with van der Waals surface area (Å²) in [5, 5.41) is 1.94. The lowest BCUT2D eigenvalue weighted by molar-refractivity contribution is 0.316. The monoisotopic (exact) mass is 156 g/mol. The molecule has 0 radical (unpaired) electrons. The Bertz CT molecular complexity index is 103. The summed E-state index contributed by atoms with van der Waals surface area (Å²) in [6, 6.07) is 0. The molecule has 0 aromatic rings. The lowest BCUT2D eigenvalue weighted by atomic mass is 9.82. The Kier molecular flexibility index (Phi) is 3.33. The van der Waals surface area contributed by atoms with Crippen LogP contribution in [-0.2, 0) is 0 Å². The van der Waals surface area contributed by atoms with Crippen molar-refractivity contribution in [2.75, 3.05) is 0 Å². The molecule has 58 valence electrons. The number of thiocarbonyl (C=S) groups is 1. The molecule has 1 atom stereocenters. The van der Waals surface area contributed by atoms with Gasteiger partial charge in [-0.25, -0.2) is 0 Å². The van der Waals surface area contributed by atoms with E-state index in [2.05, 4.69) is 6.92 Å². The first-order valence-corrected chi connectivity index (χ1v) is 4.77. The smallest absolute Gasteiger partial charge is 0.0129 e. The van der Waals surface area contributed by atoms with E-state index in [1.165, 1.54) is 32.1 Å². The number of hydrogen-bond donors (Lipinski definition) is 0. The minimum atomic E-state index is 0.676. The topological polar surface area (TPSA) is 0 Å². The molecule has 1 heteroatoms. The van der Waals surface area contributed by atoms with E-state index in [9.17, 15) is 0 Å². The molecule has 1 fully saturated rings. The van der Waals surface area contributed by atoms with E-state index in [0.29, 0.717) is 5.92 Å². The minimum Gasteiger partial charge on any atom is -0.0932 e. The van der Waals surface area contributed by atoms with E-state index in [-0.39, 0.29) is 0 Å². The molecule has 0 spiro atoms. The summed E-state index contributed by atoms with van der Waals surface area (Å²) in [6.45, 7) is 2.25. The zero-order valence-corrected chi connectivity index (χ0v) is 7.49. The molecular weight excluding hydrogens is 140 g/mol. The van der Waals surface area contributed by atoms with E-state index < -0.39 is 0 Å². The van der Waals surface area contributed by atoms with Gasteiger partial charge in [-0.05, 0) is 30.0 Å². The maximum absolute atomic E-state index is 4.93. The largest absolute Gasteiger partial charge is 0.0932 e. The minimum absolute atomic E-state index is 0.676. The van der Waals surface area contributed by atoms with E-state index >= 15 is 0 Å². The highest BCUT2D eigenvalue weighted by Crippen LogP contribution is 2.28. The molecule has 1 saturated carbocycles. The Balaban J connectivity index is 2.30. The maximum Gasteiger partial charge on any atom is -0.0129 e. The third-order valence-corrected chi connectivity index (χ3v) is 3.04. The summed E-state index contributed by atoms with van der Waals surface area (Å²) >= 11 is 4.93. The van der Waals surface area contributed by atoms with E-state index in [1.807, 2.05) is 5.37 Å². The van der Waals surface area contributed by atoms with E-state index in [4.69, 9.17) is 12.2 Å². The van der Waals surface area contributed by atoms with Gasteiger partial charge in [0.2, 0.25) is 0 Å². The lowest BCUT2D eigenvalue weighted by Crippen LogP contribution is -2.15. The lowest BCUT2D eigenvalue weighted by Gasteiger charge is -2.24. The summed E-state index contributed by atoms with van der Waals surface area (Å²) < 4.78 is 0. The van der Waals surface area contributed by atoms with Crippen molar-refractivity contribution < 1.29 is 0 Å². The standard InChI is InChI=1S/C9H16S/c1-8(7-10)9-5-3-2-4-6-9/h7-9H,2-6H2,1H3. The highest BCUT2D eigenvalue weighted by Gasteiger charge is 2.17. The van der Waals surface area contributed by atoms with Gasteiger partial charge >= 0.3 is 0 Å². The fourth-order valence-electron chi connectivity index (χ4n) is 1.77. The molecule has 1 aliphatic rings. The Labute approximate surface area is 69.0 Å². The van der Waals surface area contributed by atoms with Crippen LogP contribution in [0.3, 0.4) is 0 Å². The van der Waals surface area contributed by atoms with Crippen LogP contribution in [0, 0.1) is 11.8 Å². The summed E-state index contributed by atoms with van der Waals surface area (Å²) in [5.74, 6) is 1.58. The summed E-state index contributed by atoms with van der Waals surface area (Å²) in [7, 11) is 0. The Morgan fingerprint density at radius 2 is 1.90 bits per heavy atom. The van der Waals surface area contributed by atoms with Gasteiger partial charge < -0.3 is 0 Å². The van der Waals surface area contributed by atoms with Crippen molar-refractivity contribution in [2.45, 2.75) is 39.0 Å². The van der Waals surface area contributed by atoms with E-state index in [1.54, 1.807) is 0 Å². The molecule has 1 aliphatic carbocycles. The van der Waals surface area contributed by atoms with Crippen LogP contribution in [0.25, 0.3) is 0 Å². The number of rotatable bonds is 2. The van der Waals surface area contributed by atoms with Gasteiger partial charge in [0.25, 0.3) is 0 Å². The van der Waals surface area contributed by atoms with Crippen LogP contribution in [0.15, 0.2) is 0 Å². The highest BCUT2D eigenvalue weighted by atomic mass is 32.1. The van der Waals surface area contributed by atoms with Gasteiger partial charge in [-0.15, -0.1) is 0 Å². The van der Waals surface area contributed by atoms with Crippen molar-refractivity contribution >= 4 is 17.6 Å². The average Bonchev–Trinajstić information content (AvgIpc) is 2.05. The molecule has 0 bridgehead atoms. The van der Waals surface area contributed by atoms with Crippen molar-refractivity contribution in [3.8, 4) is 0 Å². The SMILES string of the molecule is CC(C=S)C1CCCCC1. The van der Waals surface area contributed by atoms with Crippen LogP contribution in [0.4, 0.5) is 0 Å². The predicted octanol–water partition coefficient (Wildman–Crippen LogP) is 3.20. The molecule has 0 N–H and O–H groups in total. The fraction of sp³-hybridized carbons (Fsp3) is 0.889. The van der Waals surface area contributed by atoms with E-state index in [0.717, 1.165) is 5.92 Å². The molecule has 0 heterocycles. The van der Waals surface area contributed by atoms with Crippen molar-refractivity contribution in [1.29, 1.82) is 0 Å². The van der Waals surface area contributed by atoms with Gasteiger partial charge in [-0.2, -0.15) is 0 Å². The second kappa shape index (κ2) is 4.07. The zero-order valence-electron chi connectivity index (χ0n) is 6.68. The summed E-state index contributed by atoms with van der Waals surface area (Å²) in [6.07, 6.45) is 7.12. The van der Waals surface area contributed by atoms with Gasteiger partial charge in [0.05, 0.1) is 0 Å². The van der Waals surface area contributed by atoms with Gasteiger partial charge in [0.15, 0.2) is 0 Å². The van der Waals surface area contributed by atoms with Crippen LogP contribution in [0.1, 0.15) is 39.0 Å². The van der Waals surface area contributed by atoms with Crippen LogP contribution in [-0.4, -0.2) is 5.37 Å². The predicted molar refractivity (Wildman–Crippen MR) is 49.4 cm³/mol. The highest BCUT2D eigenvalue weighted by molar-refractivity contribution is 7.79. The Morgan fingerprint density at radius 1 is 1.30 bits per heavy atom. The maximum atomic E-state index is 4.93. The normalized spacial score (nSPS) is 24.1. The molecule has 0 amide bonds. The molecule has 1 rings (SSSR count). The van der Waals surface area contributed by atoms with Crippen LogP contribution in [0.2, 0.25) is 0 Å². The van der Waals surface area contributed by atoms with Crippen LogP contribution in [0.5, 0.6) is 0 Å². The van der Waals surface area contributed by atoms with Gasteiger partial charge in [-0.1, -0.05) is 38.4 Å². The third-order valence-electron chi connectivity index (χ3n) is 2.61. The van der Waals surface area contributed by atoms with Crippen molar-refractivity contribution in [3.63, 3.8) is 0 Å². The summed E-state index contributed by atoms with van der Waals surface area (Å²) in [5.41, 5.74) is 0. The van der Waals surface area contributed by atoms with Crippen LogP contribution < -0.4 is 0 Å². The molecule has 1 unspecified atom stereocenters. The van der Waals surface area contributed by atoms with Gasteiger partial charge in [-0.3, -0.25) is 0 Å². The first-order valence-electron chi connectivity index (χ1n) is 4.30. The molecule has 0 aromatic heterocycles. The van der Waals surface area contributed by atoms with Crippen molar-refractivity contribution in [2.24, 2.45) is 11.8 Å². The van der Waals surface area contributed by atoms with Crippen molar-refractivity contribution in [3.05, 3.63) is 0 Å². The summed E-state index contributed by atoms with van der Waals surface area (Å²) in [4.78, 5) is 0. The molecule has 0 nitrogen and oxygen atoms in total. The fourth-order valence-corrected chi connectivity index (χ4v) is 1.99. The van der Waals surface area contributed by atoms with Crippen LogP contribution >= 0.6 is 12.2 Å². The molecule has 0 saturated heterocycles. The van der Waals surface area contributed by atoms with Gasteiger partial charge in [0.1, 0.15) is 0 Å². The first kappa shape index (κ1) is 8.19. The zero-order chi connectivity index (χ0) is 7.40. The second-order valence-corrected chi connectivity index (χ2v) is 3.67. The molecule has 0 aromatic carbocycles. The number of hydrogen-bond acceptors (Lipinski definition) is 1. The first-order chi connectivity index (χ1) is 4.84.